The maximum Gasteiger partial charge on any atom is 0.319 e. The van der Waals surface area contributed by atoms with Crippen molar-refractivity contribution in [3.8, 4) is 11.5 Å². The number of nitrogens with one attached hydrogen (secondary N) is 5. The number of urea groups is 1. The number of aromatic nitrogens is 1. The number of carbonyl (C=O) groups excluding carboxylic acids is 1. The zero-order chi connectivity index (χ0) is 35.0. The molecular formula is C35H47N7O5S. The number of amides is 2. The van der Waals surface area contributed by atoms with E-state index in [0.717, 1.165) is 42.3 Å². The van der Waals surface area contributed by atoms with Crippen LogP contribution in [-0.4, -0.2) is 62.2 Å². The van der Waals surface area contributed by atoms with Gasteiger partial charge in [-0.15, -0.1) is 0 Å². The Labute approximate surface area is 282 Å². The number of anilines is 2. The third-order valence-electron chi connectivity index (χ3n) is 9.39. The minimum Gasteiger partial charge on any atom is -0.492 e. The molecule has 0 radical (unpaired) electrons. The summed E-state index contributed by atoms with van der Waals surface area (Å²) < 4.78 is 40.4. The summed E-state index contributed by atoms with van der Waals surface area (Å²) in [4.78, 5) is 15.7. The van der Waals surface area contributed by atoms with E-state index in [-0.39, 0.29) is 34.5 Å². The summed E-state index contributed by atoms with van der Waals surface area (Å²) in [5.41, 5.74) is 2.69. The summed E-state index contributed by atoms with van der Waals surface area (Å²) in [5, 5.41) is 23.5. The molecule has 13 heteroatoms. The molecule has 5 rings (SSSR count). The maximum atomic E-state index is 13.5. The molecule has 1 aromatic heterocycles. The lowest BCUT2D eigenvalue weighted by Crippen LogP contribution is -2.50. The van der Waals surface area contributed by atoms with E-state index in [1.54, 1.807) is 35.0 Å². The molecule has 1 fully saturated rings. The summed E-state index contributed by atoms with van der Waals surface area (Å²) in [6, 6.07) is 14.0. The quantitative estimate of drug-likeness (QED) is 0.151. The maximum absolute atomic E-state index is 13.5. The Morgan fingerprint density at radius 3 is 2.38 bits per heavy atom. The van der Waals surface area contributed by atoms with Crippen LogP contribution in [-0.2, 0) is 15.4 Å². The Bertz CT molecular complexity index is 1880. The van der Waals surface area contributed by atoms with E-state index in [1.807, 2.05) is 59.0 Å². The van der Waals surface area contributed by atoms with Crippen molar-refractivity contribution >= 4 is 33.3 Å². The van der Waals surface area contributed by atoms with E-state index < -0.39 is 21.6 Å². The predicted molar refractivity (Wildman–Crippen MR) is 188 cm³/mol. The molecule has 2 amide bonds. The lowest BCUT2D eigenvalue weighted by molar-refractivity contribution is 0.171. The number of benzene rings is 2. The van der Waals surface area contributed by atoms with Gasteiger partial charge in [0.2, 0.25) is 10.0 Å². The average Bonchev–Trinajstić information content (AvgIpc) is 3.36. The highest BCUT2D eigenvalue weighted by molar-refractivity contribution is 7.92. The van der Waals surface area contributed by atoms with Crippen molar-refractivity contribution in [2.75, 3.05) is 37.0 Å². The van der Waals surface area contributed by atoms with Gasteiger partial charge in [0.1, 0.15) is 23.2 Å². The highest BCUT2D eigenvalue weighted by atomic mass is 32.2. The van der Waals surface area contributed by atoms with Gasteiger partial charge in [0.25, 0.3) is 0 Å². The van der Waals surface area contributed by atoms with E-state index >= 15 is 0 Å². The third kappa shape index (κ3) is 7.36. The molecule has 1 aliphatic heterocycles. The number of carbonyl (C=O) groups is 1. The SMILES string of the molecule is COc1c(NC(=O)N[C@H]2CC[C@@H](Oc3ccc(=N)n(C(=N)[C@@]4(C)CCCN4C)c3)c3ccccc32)cc(C(C)(C)C)cc1NS(C)(=O)=O. The minimum absolute atomic E-state index is 0.207. The molecule has 2 aromatic carbocycles. The molecule has 0 saturated carbocycles. The van der Waals surface area contributed by atoms with Crippen LogP contribution in [0.4, 0.5) is 16.2 Å². The lowest BCUT2D eigenvalue weighted by Gasteiger charge is -2.34. The number of hydrogen-bond acceptors (Lipinski definition) is 8. The zero-order valence-corrected chi connectivity index (χ0v) is 29.5. The highest BCUT2D eigenvalue weighted by Gasteiger charge is 2.39. The van der Waals surface area contributed by atoms with E-state index in [9.17, 15) is 13.2 Å². The van der Waals surface area contributed by atoms with Crippen LogP contribution in [0.1, 0.15) is 82.2 Å². The van der Waals surface area contributed by atoms with Crippen LogP contribution in [0.5, 0.6) is 11.5 Å². The monoisotopic (exact) mass is 677 g/mol. The highest BCUT2D eigenvalue weighted by Crippen LogP contribution is 2.41. The molecule has 3 aromatic rings. The van der Waals surface area contributed by atoms with Crippen molar-refractivity contribution < 1.29 is 22.7 Å². The van der Waals surface area contributed by atoms with Crippen LogP contribution >= 0.6 is 0 Å². The topological polar surface area (TPSA) is 162 Å². The Balaban J connectivity index is 1.36. The Morgan fingerprint density at radius 2 is 1.75 bits per heavy atom. The Kier molecular flexibility index (Phi) is 9.67. The third-order valence-corrected chi connectivity index (χ3v) is 9.98. The van der Waals surface area contributed by atoms with Gasteiger partial charge in [-0.3, -0.25) is 25.0 Å². The van der Waals surface area contributed by atoms with Crippen molar-refractivity contribution in [2.45, 2.75) is 76.5 Å². The average molecular weight is 678 g/mol. The molecule has 48 heavy (non-hydrogen) atoms. The molecule has 5 N–H and O–H groups in total. The Hall–Kier alpha value is -4.36. The van der Waals surface area contributed by atoms with Gasteiger partial charge in [0, 0.05) is 0 Å². The summed E-state index contributed by atoms with van der Waals surface area (Å²) in [6.45, 7) is 8.96. The number of methoxy groups -OCH3 is 1. The van der Waals surface area contributed by atoms with Crippen LogP contribution in [0.2, 0.25) is 0 Å². The van der Waals surface area contributed by atoms with Gasteiger partial charge in [-0.05, 0) is 92.6 Å². The minimum atomic E-state index is -3.61. The smallest absolute Gasteiger partial charge is 0.319 e. The molecule has 0 unspecified atom stereocenters. The fourth-order valence-corrected chi connectivity index (χ4v) is 7.10. The normalized spacial score (nSPS) is 21.2. The molecule has 12 nitrogen and oxygen atoms in total. The summed E-state index contributed by atoms with van der Waals surface area (Å²) in [6.07, 6.45) is 5.58. The molecule has 3 atom stereocenters. The van der Waals surface area contributed by atoms with Gasteiger partial charge in [-0.25, -0.2) is 13.2 Å². The van der Waals surface area contributed by atoms with Crippen molar-refractivity contribution in [3.63, 3.8) is 0 Å². The largest absolute Gasteiger partial charge is 0.492 e. The first-order valence-corrected chi connectivity index (χ1v) is 18.0. The number of ether oxygens (including phenoxy) is 2. The van der Waals surface area contributed by atoms with Gasteiger partial charge in [0.15, 0.2) is 5.75 Å². The second-order valence-corrected chi connectivity index (χ2v) is 15.7. The van der Waals surface area contributed by atoms with Gasteiger partial charge >= 0.3 is 6.03 Å². The van der Waals surface area contributed by atoms with Crippen LogP contribution in [0.3, 0.4) is 0 Å². The molecule has 2 heterocycles. The van der Waals surface area contributed by atoms with E-state index in [1.165, 1.54) is 7.11 Å². The first kappa shape index (κ1) is 35.0. The number of likely N-dealkylation sites (N-methyl/N-ethyl adjacent to an activating group) is 1. The molecular weight excluding hydrogens is 630 g/mol. The number of rotatable bonds is 8. The first-order valence-electron chi connectivity index (χ1n) is 16.1. The Morgan fingerprint density at radius 1 is 1.06 bits per heavy atom. The lowest BCUT2D eigenvalue weighted by atomic mass is 9.85. The van der Waals surface area contributed by atoms with Gasteiger partial charge in [-0.1, -0.05) is 45.0 Å². The first-order chi connectivity index (χ1) is 22.5. The van der Waals surface area contributed by atoms with Gasteiger partial charge < -0.3 is 20.1 Å². The number of sulfonamides is 1. The van der Waals surface area contributed by atoms with Crippen LogP contribution in [0, 0.1) is 10.8 Å². The van der Waals surface area contributed by atoms with Crippen molar-refractivity contribution in [2.24, 2.45) is 0 Å². The van der Waals surface area contributed by atoms with Crippen LogP contribution in [0.15, 0.2) is 54.7 Å². The molecule has 0 bridgehead atoms. The van der Waals surface area contributed by atoms with Gasteiger partial charge in [-0.2, -0.15) is 0 Å². The summed E-state index contributed by atoms with van der Waals surface area (Å²) >= 11 is 0. The molecule has 2 aliphatic rings. The van der Waals surface area contributed by atoms with Crippen LogP contribution < -0.4 is 30.3 Å². The number of hydrogen-bond donors (Lipinski definition) is 5. The van der Waals surface area contributed by atoms with Crippen molar-refractivity contribution in [1.29, 1.82) is 10.8 Å². The number of pyridine rings is 1. The summed E-state index contributed by atoms with van der Waals surface area (Å²) in [5.74, 6) is 1.12. The predicted octanol–water partition coefficient (Wildman–Crippen LogP) is 5.73. The second kappa shape index (κ2) is 13.3. The summed E-state index contributed by atoms with van der Waals surface area (Å²) in [7, 11) is -0.170. The van der Waals surface area contributed by atoms with Crippen LogP contribution in [0.25, 0.3) is 0 Å². The molecule has 1 aliphatic carbocycles. The van der Waals surface area contributed by atoms with E-state index in [4.69, 9.17) is 20.3 Å². The second-order valence-electron chi connectivity index (χ2n) is 14.0. The van der Waals surface area contributed by atoms with Crippen molar-refractivity contribution in [3.05, 3.63) is 76.9 Å². The fourth-order valence-electron chi connectivity index (χ4n) is 6.55. The van der Waals surface area contributed by atoms with Gasteiger partial charge in [0.05, 0.1) is 42.5 Å². The number of nitrogens with zero attached hydrogens (tertiary/aromatic N) is 2. The fraction of sp³-hybridized carbons (Fsp3) is 0.457. The van der Waals surface area contributed by atoms with Crippen molar-refractivity contribution in [1.82, 2.24) is 14.8 Å². The van der Waals surface area contributed by atoms with E-state index in [0.29, 0.717) is 30.1 Å². The molecule has 0 spiro atoms. The van der Waals surface area contributed by atoms with E-state index in [2.05, 4.69) is 20.3 Å². The zero-order valence-electron chi connectivity index (χ0n) is 28.7. The standard InChI is InChI=1S/C35H47N7O5S/c1-34(2,3)22-19-27(31(46-6)28(20-22)40-48(7,44)45)39-33(43)38-26-14-15-29(25-12-9-8-11-24(25)26)47-23-13-16-30(36)42(21-23)32(37)35(4)17-10-18-41(35)5/h8-9,11-13,16,19-21,26,29,36-37,40H,10,14-15,17-18H2,1-7H3,(H2,38,39,43)/t26-,29+,35+/m0/s1. The number of likely N-dealkylation sites (tertiary alicyclic amines) is 1. The molecule has 258 valence electrons. The number of fused-ring (bicyclic) bond motifs is 1. The molecule has 1 saturated heterocycles.